The predicted octanol–water partition coefficient (Wildman–Crippen LogP) is 1.53. The van der Waals surface area contributed by atoms with Crippen molar-refractivity contribution in [3.05, 3.63) is 0 Å². The molecule has 0 bridgehead atoms. The first-order chi connectivity index (χ1) is 9.24. The van der Waals surface area contributed by atoms with Crippen molar-refractivity contribution in [3.8, 4) is 0 Å². The van der Waals surface area contributed by atoms with E-state index in [2.05, 4.69) is 10.2 Å². The standard InChI is InChI=1S/C15H28N2O2/c18-14-7-11-17(12-8-14)10-2-9-16-15(19)6-5-13-3-1-4-13/h13-14,18H,1-12H2,(H,16,19). The molecule has 2 rings (SSSR count). The number of piperidine rings is 1. The molecule has 1 aliphatic heterocycles. The Morgan fingerprint density at radius 3 is 2.58 bits per heavy atom. The summed E-state index contributed by atoms with van der Waals surface area (Å²) in [6.07, 6.45) is 8.52. The molecule has 4 nitrogen and oxygen atoms in total. The smallest absolute Gasteiger partial charge is 0.220 e. The number of likely N-dealkylation sites (tertiary alicyclic amines) is 1. The molecule has 4 heteroatoms. The monoisotopic (exact) mass is 268 g/mol. The van der Waals surface area contributed by atoms with Crippen LogP contribution in [0.15, 0.2) is 0 Å². The van der Waals surface area contributed by atoms with Gasteiger partial charge in [-0.05, 0) is 38.1 Å². The molecule has 19 heavy (non-hydrogen) atoms. The summed E-state index contributed by atoms with van der Waals surface area (Å²) in [4.78, 5) is 14.0. The van der Waals surface area contributed by atoms with Crippen molar-refractivity contribution < 1.29 is 9.90 Å². The van der Waals surface area contributed by atoms with Gasteiger partial charge < -0.3 is 15.3 Å². The minimum atomic E-state index is -0.0949. The van der Waals surface area contributed by atoms with Crippen LogP contribution in [0.4, 0.5) is 0 Å². The van der Waals surface area contributed by atoms with E-state index in [1.54, 1.807) is 0 Å². The molecule has 0 aromatic heterocycles. The normalized spacial score (nSPS) is 22.2. The lowest BCUT2D eigenvalue weighted by Gasteiger charge is -2.29. The zero-order valence-electron chi connectivity index (χ0n) is 11.9. The van der Waals surface area contributed by atoms with Crippen LogP contribution in [0.2, 0.25) is 0 Å². The van der Waals surface area contributed by atoms with Crippen LogP contribution >= 0.6 is 0 Å². The Balaban J connectivity index is 1.43. The van der Waals surface area contributed by atoms with Gasteiger partial charge in [-0.2, -0.15) is 0 Å². The zero-order chi connectivity index (χ0) is 13.5. The Morgan fingerprint density at radius 1 is 1.21 bits per heavy atom. The van der Waals surface area contributed by atoms with Gasteiger partial charge in [0.25, 0.3) is 0 Å². The van der Waals surface area contributed by atoms with Crippen molar-refractivity contribution in [1.82, 2.24) is 10.2 Å². The fourth-order valence-electron chi connectivity index (χ4n) is 2.88. The molecule has 2 N–H and O–H groups in total. The average molecular weight is 268 g/mol. The number of carbonyl (C=O) groups excluding carboxylic acids is 1. The summed E-state index contributed by atoms with van der Waals surface area (Å²) < 4.78 is 0. The molecule has 0 spiro atoms. The average Bonchev–Trinajstić information content (AvgIpc) is 2.35. The topological polar surface area (TPSA) is 52.6 Å². The van der Waals surface area contributed by atoms with Gasteiger partial charge in [0, 0.05) is 26.1 Å². The second-order valence-electron chi connectivity index (χ2n) is 6.11. The number of nitrogens with zero attached hydrogens (tertiary/aromatic N) is 1. The van der Waals surface area contributed by atoms with Crippen LogP contribution < -0.4 is 5.32 Å². The SMILES string of the molecule is O=C(CCC1CCC1)NCCCN1CCC(O)CC1. The molecule has 0 aromatic carbocycles. The lowest BCUT2D eigenvalue weighted by atomic mass is 9.82. The highest BCUT2D eigenvalue weighted by molar-refractivity contribution is 5.75. The Hall–Kier alpha value is -0.610. The Kier molecular flexibility index (Phi) is 6.11. The summed E-state index contributed by atoms with van der Waals surface area (Å²) in [7, 11) is 0. The molecular weight excluding hydrogens is 240 g/mol. The van der Waals surface area contributed by atoms with Gasteiger partial charge in [0.05, 0.1) is 6.10 Å². The number of hydrogen-bond donors (Lipinski definition) is 2. The number of hydrogen-bond acceptors (Lipinski definition) is 3. The van der Waals surface area contributed by atoms with E-state index in [9.17, 15) is 9.90 Å². The van der Waals surface area contributed by atoms with Crippen molar-refractivity contribution in [2.75, 3.05) is 26.2 Å². The highest BCUT2D eigenvalue weighted by Crippen LogP contribution is 2.30. The van der Waals surface area contributed by atoms with E-state index < -0.39 is 0 Å². The molecular formula is C15H28N2O2. The van der Waals surface area contributed by atoms with Crippen molar-refractivity contribution in [2.24, 2.45) is 5.92 Å². The number of aliphatic hydroxyl groups excluding tert-OH is 1. The van der Waals surface area contributed by atoms with Crippen LogP contribution in [0.5, 0.6) is 0 Å². The number of nitrogens with one attached hydrogen (secondary N) is 1. The summed E-state index contributed by atoms with van der Waals surface area (Å²) in [5.41, 5.74) is 0. The second-order valence-corrected chi connectivity index (χ2v) is 6.11. The summed E-state index contributed by atoms with van der Waals surface area (Å²) >= 11 is 0. The van der Waals surface area contributed by atoms with E-state index in [1.807, 2.05) is 0 Å². The first kappa shape index (κ1) is 14.8. The van der Waals surface area contributed by atoms with Gasteiger partial charge in [0.15, 0.2) is 0 Å². The fourth-order valence-corrected chi connectivity index (χ4v) is 2.88. The van der Waals surface area contributed by atoms with Crippen LogP contribution in [0, 0.1) is 5.92 Å². The van der Waals surface area contributed by atoms with Gasteiger partial charge in [-0.3, -0.25) is 4.79 Å². The van der Waals surface area contributed by atoms with Crippen LogP contribution in [0.25, 0.3) is 0 Å². The minimum absolute atomic E-state index is 0.0949. The minimum Gasteiger partial charge on any atom is -0.393 e. The molecule has 0 unspecified atom stereocenters. The first-order valence-corrected chi connectivity index (χ1v) is 7.91. The Morgan fingerprint density at radius 2 is 1.95 bits per heavy atom. The Labute approximate surface area is 116 Å². The highest BCUT2D eigenvalue weighted by Gasteiger charge is 2.18. The maximum atomic E-state index is 11.6. The molecule has 0 radical (unpaired) electrons. The summed E-state index contributed by atoms with van der Waals surface area (Å²) in [5.74, 6) is 1.05. The number of amides is 1. The van der Waals surface area contributed by atoms with Crippen LogP contribution in [-0.4, -0.2) is 48.2 Å². The summed E-state index contributed by atoms with van der Waals surface area (Å²) in [6.45, 7) is 3.83. The highest BCUT2D eigenvalue weighted by atomic mass is 16.3. The van der Waals surface area contributed by atoms with Gasteiger partial charge in [-0.1, -0.05) is 19.3 Å². The molecule has 110 valence electrons. The van der Waals surface area contributed by atoms with E-state index in [0.717, 1.165) is 57.8 Å². The fraction of sp³-hybridized carbons (Fsp3) is 0.933. The molecule has 2 fully saturated rings. The van der Waals surface area contributed by atoms with Gasteiger partial charge >= 0.3 is 0 Å². The molecule has 2 aliphatic rings. The third-order valence-corrected chi connectivity index (χ3v) is 4.53. The van der Waals surface area contributed by atoms with Gasteiger partial charge in [-0.25, -0.2) is 0 Å². The molecule has 1 saturated heterocycles. The lowest BCUT2D eigenvalue weighted by Crippen LogP contribution is -2.37. The third kappa shape index (κ3) is 5.49. The molecule has 1 aliphatic carbocycles. The van der Waals surface area contributed by atoms with E-state index in [0.29, 0.717) is 6.42 Å². The van der Waals surface area contributed by atoms with Crippen molar-refractivity contribution in [2.45, 2.75) is 57.5 Å². The summed E-state index contributed by atoms with van der Waals surface area (Å²) in [6, 6.07) is 0. The van der Waals surface area contributed by atoms with E-state index >= 15 is 0 Å². The maximum absolute atomic E-state index is 11.6. The molecule has 1 saturated carbocycles. The van der Waals surface area contributed by atoms with Gasteiger partial charge in [0.1, 0.15) is 0 Å². The molecule has 0 aromatic rings. The predicted molar refractivity (Wildman–Crippen MR) is 75.9 cm³/mol. The Bertz CT molecular complexity index is 271. The molecule has 0 atom stereocenters. The third-order valence-electron chi connectivity index (χ3n) is 4.53. The lowest BCUT2D eigenvalue weighted by molar-refractivity contribution is -0.121. The van der Waals surface area contributed by atoms with E-state index in [1.165, 1.54) is 19.3 Å². The largest absolute Gasteiger partial charge is 0.393 e. The second kappa shape index (κ2) is 7.85. The van der Waals surface area contributed by atoms with Crippen molar-refractivity contribution >= 4 is 5.91 Å². The van der Waals surface area contributed by atoms with Crippen LogP contribution in [0.3, 0.4) is 0 Å². The number of aliphatic hydroxyl groups is 1. The number of rotatable bonds is 7. The quantitative estimate of drug-likeness (QED) is 0.689. The van der Waals surface area contributed by atoms with Crippen LogP contribution in [0.1, 0.15) is 51.4 Å². The molecule has 1 heterocycles. The van der Waals surface area contributed by atoms with Gasteiger partial charge in [-0.15, -0.1) is 0 Å². The van der Waals surface area contributed by atoms with Gasteiger partial charge in [0.2, 0.25) is 5.91 Å². The molecule has 1 amide bonds. The first-order valence-electron chi connectivity index (χ1n) is 7.91. The van der Waals surface area contributed by atoms with Crippen molar-refractivity contribution in [1.29, 1.82) is 0 Å². The zero-order valence-corrected chi connectivity index (χ0v) is 11.9. The van der Waals surface area contributed by atoms with Crippen molar-refractivity contribution in [3.63, 3.8) is 0 Å². The summed E-state index contributed by atoms with van der Waals surface area (Å²) in [5, 5.41) is 12.4. The van der Waals surface area contributed by atoms with E-state index in [-0.39, 0.29) is 12.0 Å². The maximum Gasteiger partial charge on any atom is 0.220 e. The van der Waals surface area contributed by atoms with E-state index in [4.69, 9.17) is 0 Å². The van der Waals surface area contributed by atoms with Crippen LogP contribution in [-0.2, 0) is 4.79 Å². The number of carbonyl (C=O) groups is 1.